The lowest BCUT2D eigenvalue weighted by molar-refractivity contribution is -0.147. The van der Waals surface area contributed by atoms with Crippen LogP contribution >= 0.6 is 0 Å². The van der Waals surface area contributed by atoms with E-state index in [4.69, 9.17) is 19.6 Å². The van der Waals surface area contributed by atoms with E-state index in [1.54, 1.807) is 18.2 Å². The van der Waals surface area contributed by atoms with Gasteiger partial charge < -0.3 is 19.6 Å². The topological polar surface area (TPSA) is 91.8 Å². The Labute approximate surface area is 121 Å². The van der Waals surface area contributed by atoms with Gasteiger partial charge in [0.25, 0.3) is 0 Å². The molecule has 0 fully saturated rings. The molecule has 0 amide bonds. The summed E-state index contributed by atoms with van der Waals surface area (Å²) in [6.07, 6.45) is 1.71. The van der Waals surface area contributed by atoms with Gasteiger partial charge in [-0.1, -0.05) is 13.3 Å². The van der Waals surface area contributed by atoms with Gasteiger partial charge >= 0.3 is 11.9 Å². The van der Waals surface area contributed by atoms with E-state index in [-0.39, 0.29) is 5.76 Å². The third-order valence-corrected chi connectivity index (χ3v) is 2.82. The van der Waals surface area contributed by atoms with Gasteiger partial charge in [0.15, 0.2) is 6.61 Å². The number of esters is 2. The zero-order valence-corrected chi connectivity index (χ0v) is 11.8. The van der Waals surface area contributed by atoms with E-state index in [0.29, 0.717) is 23.3 Å². The van der Waals surface area contributed by atoms with Gasteiger partial charge in [0.1, 0.15) is 5.58 Å². The Bertz CT molecular complexity index is 647. The molecule has 2 rings (SSSR count). The second-order valence-corrected chi connectivity index (χ2v) is 4.56. The van der Waals surface area contributed by atoms with Crippen LogP contribution in [0, 0.1) is 0 Å². The molecular formula is C15H17NO5. The predicted molar refractivity (Wildman–Crippen MR) is 76.8 cm³/mol. The van der Waals surface area contributed by atoms with Crippen LogP contribution in [0.1, 0.15) is 30.3 Å². The van der Waals surface area contributed by atoms with E-state index < -0.39 is 18.5 Å². The Morgan fingerprint density at radius 3 is 2.81 bits per heavy atom. The first-order valence-electron chi connectivity index (χ1n) is 6.72. The minimum atomic E-state index is -0.711. The first kappa shape index (κ1) is 14.9. The second kappa shape index (κ2) is 6.78. The van der Waals surface area contributed by atoms with Crippen molar-refractivity contribution in [1.82, 2.24) is 0 Å². The number of nitrogen functional groups attached to an aromatic ring is 1. The lowest BCUT2D eigenvalue weighted by Crippen LogP contribution is -2.16. The van der Waals surface area contributed by atoms with Gasteiger partial charge in [0.2, 0.25) is 5.76 Å². The summed E-state index contributed by atoms with van der Waals surface area (Å²) in [6, 6.07) is 6.55. The van der Waals surface area contributed by atoms with Crippen molar-refractivity contribution in [3.05, 3.63) is 30.0 Å². The number of fused-ring (bicyclic) bond motifs is 1. The highest BCUT2D eigenvalue weighted by Crippen LogP contribution is 2.22. The van der Waals surface area contributed by atoms with Crippen molar-refractivity contribution in [2.75, 3.05) is 18.9 Å². The number of hydrogen-bond acceptors (Lipinski definition) is 6. The number of unbranched alkanes of at least 4 members (excludes halogenated alkanes) is 1. The molecule has 0 bridgehead atoms. The van der Waals surface area contributed by atoms with Crippen LogP contribution in [0.2, 0.25) is 0 Å². The maximum absolute atomic E-state index is 11.8. The number of rotatable bonds is 6. The lowest BCUT2D eigenvalue weighted by Gasteiger charge is -2.04. The number of carbonyl (C=O) groups excluding carboxylic acids is 2. The largest absolute Gasteiger partial charge is 0.463 e. The molecule has 0 aliphatic heterocycles. The van der Waals surface area contributed by atoms with E-state index in [9.17, 15) is 9.59 Å². The maximum Gasteiger partial charge on any atom is 0.374 e. The van der Waals surface area contributed by atoms with Crippen molar-refractivity contribution in [3.63, 3.8) is 0 Å². The number of anilines is 1. The van der Waals surface area contributed by atoms with Crippen LogP contribution in [0.25, 0.3) is 11.0 Å². The predicted octanol–water partition coefficient (Wildman–Crippen LogP) is 2.52. The van der Waals surface area contributed by atoms with E-state index in [1.165, 1.54) is 6.07 Å². The first-order valence-corrected chi connectivity index (χ1v) is 6.72. The van der Waals surface area contributed by atoms with Crippen LogP contribution in [0.4, 0.5) is 5.69 Å². The number of ether oxygens (including phenoxy) is 2. The Balaban J connectivity index is 1.91. The molecule has 0 saturated carbocycles. The molecule has 6 heteroatoms. The Morgan fingerprint density at radius 2 is 2.05 bits per heavy atom. The Morgan fingerprint density at radius 1 is 1.24 bits per heavy atom. The first-order chi connectivity index (χ1) is 10.1. The van der Waals surface area contributed by atoms with Crippen molar-refractivity contribution < 1.29 is 23.5 Å². The van der Waals surface area contributed by atoms with Gasteiger partial charge in [-0.25, -0.2) is 9.59 Å². The fourth-order valence-electron chi connectivity index (χ4n) is 1.73. The van der Waals surface area contributed by atoms with E-state index in [0.717, 1.165) is 12.8 Å². The van der Waals surface area contributed by atoms with Crippen LogP contribution < -0.4 is 5.73 Å². The van der Waals surface area contributed by atoms with Crippen LogP contribution in [-0.4, -0.2) is 25.2 Å². The molecule has 112 valence electrons. The number of nitrogens with two attached hydrogens (primary N) is 1. The summed E-state index contributed by atoms with van der Waals surface area (Å²) in [6.45, 7) is 1.89. The summed E-state index contributed by atoms with van der Waals surface area (Å²) >= 11 is 0. The average molecular weight is 291 g/mol. The number of hydrogen-bond donors (Lipinski definition) is 1. The second-order valence-electron chi connectivity index (χ2n) is 4.56. The minimum absolute atomic E-state index is 0.0250. The monoisotopic (exact) mass is 291 g/mol. The fourth-order valence-corrected chi connectivity index (χ4v) is 1.73. The standard InChI is InChI=1S/C15H17NO5/c1-2-3-6-19-14(17)9-20-15(18)13-8-10-7-11(16)4-5-12(10)21-13/h4-5,7-8H,2-3,6,9,16H2,1H3. The number of benzene rings is 1. The normalized spacial score (nSPS) is 10.5. The molecule has 0 unspecified atom stereocenters. The van der Waals surface area contributed by atoms with Gasteiger partial charge in [-0.15, -0.1) is 0 Å². The van der Waals surface area contributed by atoms with Crippen LogP contribution in [0.3, 0.4) is 0 Å². The summed E-state index contributed by atoms with van der Waals surface area (Å²) < 4.78 is 15.1. The molecule has 0 aliphatic carbocycles. The van der Waals surface area contributed by atoms with Crippen LogP contribution in [-0.2, 0) is 14.3 Å². The van der Waals surface area contributed by atoms with Gasteiger partial charge in [-0.3, -0.25) is 0 Å². The Hall–Kier alpha value is -2.50. The van der Waals surface area contributed by atoms with Crippen LogP contribution in [0.15, 0.2) is 28.7 Å². The number of carbonyl (C=O) groups is 2. The Kier molecular flexibility index (Phi) is 4.81. The quantitative estimate of drug-likeness (QED) is 0.499. The molecule has 0 atom stereocenters. The molecule has 1 aromatic carbocycles. The average Bonchev–Trinajstić information content (AvgIpc) is 2.88. The lowest BCUT2D eigenvalue weighted by atomic mass is 10.2. The fraction of sp³-hybridized carbons (Fsp3) is 0.333. The molecule has 1 heterocycles. The number of furan rings is 1. The minimum Gasteiger partial charge on any atom is -0.463 e. The molecule has 2 N–H and O–H groups in total. The smallest absolute Gasteiger partial charge is 0.374 e. The SMILES string of the molecule is CCCCOC(=O)COC(=O)c1cc2cc(N)ccc2o1. The molecule has 0 spiro atoms. The highest BCUT2D eigenvalue weighted by atomic mass is 16.6. The summed E-state index contributed by atoms with van der Waals surface area (Å²) in [4.78, 5) is 23.1. The molecule has 0 saturated heterocycles. The van der Waals surface area contributed by atoms with Crippen LogP contribution in [0.5, 0.6) is 0 Å². The molecule has 0 aliphatic rings. The molecule has 1 aromatic heterocycles. The van der Waals surface area contributed by atoms with Crippen molar-refractivity contribution in [3.8, 4) is 0 Å². The molecule has 2 aromatic rings. The van der Waals surface area contributed by atoms with Gasteiger partial charge in [0, 0.05) is 11.1 Å². The van der Waals surface area contributed by atoms with Crippen molar-refractivity contribution in [2.24, 2.45) is 0 Å². The van der Waals surface area contributed by atoms with E-state index in [2.05, 4.69) is 0 Å². The summed E-state index contributed by atoms with van der Waals surface area (Å²) in [7, 11) is 0. The summed E-state index contributed by atoms with van der Waals surface area (Å²) in [5, 5.41) is 0.701. The highest BCUT2D eigenvalue weighted by Gasteiger charge is 2.16. The zero-order chi connectivity index (χ0) is 15.2. The third kappa shape index (κ3) is 3.98. The summed E-state index contributed by atoms with van der Waals surface area (Å²) in [5.41, 5.74) is 6.75. The molecule has 6 nitrogen and oxygen atoms in total. The van der Waals surface area contributed by atoms with Gasteiger partial charge in [-0.05, 0) is 30.7 Å². The molecular weight excluding hydrogens is 274 g/mol. The zero-order valence-electron chi connectivity index (χ0n) is 11.8. The van der Waals surface area contributed by atoms with Crippen molar-refractivity contribution in [2.45, 2.75) is 19.8 Å². The van der Waals surface area contributed by atoms with Gasteiger partial charge in [-0.2, -0.15) is 0 Å². The molecule has 21 heavy (non-hydrogen) atoms. The van der Waals surface area contributed by atoms with Crippen molar-refractivity contribution in [1.29, 1.82) is 0 Å². The van der Waals surface area contributed by atoms with Gasteiger partial charge in [0.05, 0.1) is 6.61 Å². The van der Waals surface area contributed by atoms with Crippen molar-refractivity contribution >= 4 is 28.6 Å². The highest BCUT2D eigenvalue weighted by molar-refractivity contribution is 5.94. The van der Waals surface area contributed by atoms with E-state index in [1.807, 2.05) is 6.92 Å². The third-order valence-electron chi connectivity index (χ3n) is 2.82. The van der Waals surface area contributed by atoms with E-state index >= 15 is 0 Å². The summed E-state index contributed by atoms with van der Waals surface area (Å²) in [5.74, 6) is -1.26. The maximum atomic E-state index is 11.8. The molecule has 0 radical (unpaired) electrons.